The number of carbonyl (C=O) groups excluding carboxylic acids is 1. The molecule has 0 aromatic heterocycles. The summed E-state index contributed by atoms with van der Waals surface area (Å²) in [4.78, 5) is 11.1. The van der Waals surface area contributed by atoms with Gasteiger partial charge in [0.15, 0.2) is 0 Å². The Morgan fingerprint density at radius 1 is 1.25 bits per heavy atom. The zero-order chi connectivity index (χ0) is 17.6. The number of anilines is 2. The van der Waals surface area contributed by atoms with Gasteiger partial charge < -0.3 is 10.1 Å². The van der Waals surface area contributed by atoms with E-state index in [4.69, 9.17) is 4.74 Å². The number of sulfonamides is 1. The minimum Gasteiger partial charge on any atom is -0.381 e. The van der Waals surface area contributed by atoms with E-state index in [9.17, 15) is 13.2 Å². The fraction of sp³-hybridized carbons (Fsp3) is 0.588. The van der Waals surface area contributed by atoms with Crippen LogP contribution in [0.1, 0.15) is 39.5 Å². The van der Waals surface area contributed by atoms with Crippen molar-refractivity contribution < 1.29 is 17.9 Å². The molecule has 0 spiro atoms. The molecule has 0 unspecified atom stereocenters. The quantitative estimate of drug-likeness (QED) is 0.817. The lowest BCUT2D eigenvalue weighted by molar-refractivity contribution is -0.114. The van der Waals surface area contributed by atoms with Gasteiger partial charge in [0.1, 0.15) is 0 Å². The molecule has 0 radical (unpaired) electrons. The molecule has 1 aromatic carbocycles. The molecule has 0 saturated carbocycles. The molecule has 1 N–H and O–H groups in total. The second kappa shape index (κ2) is 8.48. The second-order valence-electron chi connectivity index (χ2n) is 6.04. The van der Waals surface area contributed by atoms with Gasteiger partial charge in [-0.25, -0.2) is 8.42 Å². The van der Waals surface area contributed by atoms with Crippen molar-refractivity contribution in [1.29, 1.82) is 0 Å². The summed E-state index contributed by atoms with van der Waals surface area (Å²) in [5, 5.41) is 2.70. The van der Waals surface area contributed by atoms with Gasteiger partial charge in [-0.05, 0) is 43.5 Å². The van der Waals surface area contributed by atoms with Gasteiger partial charge in [0, 0.05) is 31.9 Å². The zero-order valence-corrected chi connectivity index (χ0v) is 15.1. The highest BCUT2D eigenvalue weighted by atomic mass is 32.2. The Labute approximate surface area is 144 Å². The largest absolute Gasteiger partial charge is 0.381 e. The number of unbranched alkanes of at least 4 members (excludes halogenated alkanes) is 1. The van der Waals surface area contributed by atoms with E-state index in [0.717, 1.165) is 6.42 Å². The minimum absolute atomic E-state index is 0.0766. The van der Waals surface area contributed by atoms with Crippen molar-refractivity contribution in [3.05, 3.63) is 24.3 Å². The SMILES string of the molecule is CCCCS(=O)(=O)N(c1ccc(NC(C)=O)cc1)C1CCOCC1. The van der Waals surface area contributed by atoms with E-state index in [2.05, 4.69) is 5.32 Å². The second-order valence-corrected chi connectivity index (χ2v) is 8.00. The molecule has 0 bridgehead atoms. The van der Waals surface area contributed by atoms with Crippen LogP contribution in [0.2, 0.25) is 0 Å². The normalized spacial score (nSPS) is 15.9. The van der Waals surface area contributed by atoms with Crippen molar-refractivity contribution in [2.45, 2.75) is 45.6 Å². The molecular weight excluding hydrogens is 328 g/mol. The van der Waals surface area contributed by atoms with Crippen LogP contribution in [0.4, 0.5) is 11.4 Å². The van der Waals surface area contributed by atoms with Gasteiger partial charge >= 0.3 is 0 Å². The molecule has 1 aliphatic heterocycles. The third-order valence-corrected chi connectivity index (χ3v) is 5.93. The fourth-order valence-corrected chi connectivity index (χ4v) is 4.80. The molecule has 2 rings (SSSR count). The van der Waals surface area contributed by atoms with E-state index >= 15 is 0 Å². The standard InChI is InChI=1S/C17H26N2O4S/c1-3-4-13-24(21,22)19(17-9-11-23-12-10-17)16-7-5-15(6-8-16)18-14(2)20/h5-8,17H,3-4,9-13H2,1-2H3,(H,18,20). The van der Waals surface area contributed by atoms with E-state index in [-0.39, 0.29) is 17.7 Å². The predicted molar refractivity (Wildman–Crippen MR) is 95.8 cm³/mol. The van der Waals surface area contributed by atoms with E-state index in [1.165, 1.54) is 6.92 Å². The molecule has 134 valence electrons. The van der Waals surface area contributed by atoms with E-state index in [1.54, 1.807) is 28.6 Å². The van der Waals surface area contributed by atoms with Gasteiger partial charge in [-0.15, -0.1) is 0 Å². The lowest BCUT2D eigenvalue weighted by atomic mass is 10.1. The van der Waals surface area contributed by atoms with Crippen molar-refractivity contribution in [2.24, 2.45) is 0 Å². The minimum atomic E-state index is -3.38. The predicted octanol–water partition coefficient (Wildman–Crippen LogP) is 2.76. The summed E-state index contributed by atoms with van der Waals surface area (Å²) in [7, 11) is -3.38. The van der Waals surface area contributed by atoms with Crippen molar-refractivity contribution in [1.82, 2.24) is 0 Å². The summed E-state index contributed by atoms with van der Waals surface area (Å²) < 4.78 is 32.7. The molecule has 1 aliphatic rings. The summed E-state index contributed by atoms with van der Waals surface area (Å²) in [6.45, 7) is 4.58. The fourth-order valence-electron chi connectivity index (χ4n) is 2.84. The number of ether oxygens (including phenoxy) is 1. The summed E-state index contributed by atoms with van der Waals surface area (Å²) >= 11 is 0. The van der Waals surface area contributed by atoms with E-state index in [0.29, 0.717) is 43.9 Å². The van der Waals surface area contributed by atoms with Crippen LogP contribution in [0.3, 0.4) is 0 Å². The first-order valence-electron chi connectivity index (χ1n) is 8.41. The summed E-state index contributed by atoms with van der Waals surface area (Å²) in [5.41, 5.74) is 1.30. The molecule has 1 aromatic rings. The maximum Gasteiger partial charge on any atom is 0.235 e. The van der Waals surface area contributed by atoms with Gasteiger partial charge in [0.25, 0.3) is 0 Å². The first-order valence-corrected chi connectivity index (χ1v) is 10.0. The Morgan fingerprint density at radius 2 is 1.88 bits per heavy atom. The third-order valence-electron chi connectivity index (χ3n) is 4.02. The van der Waals surface area contributed by atoms with Gasteiger partial charge in [-0.3, -0.25) is 9.10 Å². The van der Waals surface area contributed by atoms with Gasteiger partial charge in [-0.1, -0.05) is 13.3 Å². The highest BCUT2D eigenvalue weighted by Gasteiger charge is 2.31. The summed E-state index contributed by atoms with van der Waals surface area (Å²) in [5.74, 6) is -0.00602. The number of benzene rings is 1. The number of nitrogens with zero attached hydrogens (tertiary/aromatic N) is 1. The van der Waals surface area contributed by atoms with E-state index in [1.807, 2.05) is 6.92 Å². The highest BCUT2D eigenvalue weighted by Crippen LogP contribution is 2.28. The topological polar surface area (TPSA) is 75.7 Å². The molecule has 0 atom stereocenters. The third kappa shape index (κ3) is 4.95. The first kappa shape index (κ1) is 18.7. The van der Waals surface area contributed by atoms with E-state index < -0.39 is 10.0 Å². The Morgan fingerprint density at radius 3 is 2.42 bits per heavy atom. The first-order chi connectivity index (χ1) is 11.4. The number of hydrogen-bond donors (Lipinski definition) is 1. The number of rotatable bonds is 7. The Kier molecular flexibility index (Phi) is 6.62. The average molecular weight is 354 g/mol. The van der Waals surface area contributed by atoms with Crippen LogP contribution < -0.4 is 9.62 Å². The number of amides is 1. The number of carbonyl (C=O) groups is 1. The van der Waals surface area contributed by atoms with Gasteiger partial charge in [0.05, 0.1) is 11.4 Å². The maximum atomic E-state index is 12.9. The summed E-state index contributed by atoms with van der Waals surface area (Å²) in [6.07, 6.45) is 2.87. The Hall–Kier alpha value is -1.60. The lowest BCUT2D eigenvalue weighted by Gasteiger charge is -2.35. The molecule has 1 amide bonds. The van der Waals surface area contributed by atoms with Crippen LogP contribution in [-0.4, -0.2) is 39.3 Å². The molecule has 0 aliphatic carbocycles. The van der Waals surface area contributed by atoms with Crippen LogP contribution in [0.5, 0.6) is 0 Å². The maximum absolute atomic E-state index is 12.9. The van der Waals surface area contributed by atoms with Crippen molar-refractivity contribution in [2.75, 3.05) is 28.6 Å². The molecular formula is C17H26N2O4S. The van der Waals surface area contributed by atoms with Crippen LogP contribution >= 0.6 is 0 Å². The molecule has 7 heteroatoms. The lowest BCUT2D eigenvalue weighted by Crippen LogP contribution is -2.44. The molecule has 1 heterocycles. The Bertz CT molecular complexity index is 637. The van der Waals surface area contributed by atoms with Crippen molar-refractivity contribution >= 4 is 27.3 Å². The number of hydrogen-bond acceptors (Lipinski definition) is 4. The van der Waals surface area contributed by atoms with Crippen LogP contribution in [0.15, 0.2) is 24.3 Å². The van der Waals surface area contributed by atoms with Gasteiger partial charge in [-0.2, -0.15) is 0 Å². The molecule has 1 fully saturated rings. The van der Waals surface area contributed by atoms with Crippen LogP contribution in [0.25, 0.3) is 0 Å². The number of nitrogens with one attached hydrogen (secondary N) is 1. The van der Waals surface area contributed by atoms with Crippen LogP contribution in [0, 0.1) is 0 Å². The highest BCUT2D eigenvalue weighted by molar-refractivity contribution is 7.92. The van der Waals surface area contributed by atoms with Crippen LogP contribution in [-0.2, 0) is 19.6 Å². The molecule has 1 saturated heterocycles. The van der Waals surface area contributed by atoms with Gasteiger partial charge in [0.2, 0.25) is 15.9 Å². The summed E-state index contributed by atoms with van der Waals surface area (Å²) in [6, 6.07) is 6.90. The van der Waals surface area contributed by atoms with Crippen molar-refractivity contribution in [3.63, 3.8) is 0 Å². The zero-order valence-electron chi connectivity index (χ0n) is 14.3. The smallest absolute Gasteiger partial charge is 0.235 e. The monoisotopic (exact) mass is 354 g/mol. The molecule has 6 nitrogen and oxygen atoms in total. The van der Waals surface area contributed by atoms with Crippen molar-refractivity contribution in [3.8, 4) is 0 Å². The molecule has 24 heavy (non-hydrogen) atoms. The average Bonchev–Trinajstić information content (AvgIpc) is 2.55. The Balaban J connectivity index is 2.29.